The van der Waals surface area contributed by atoms with Crippen LogP contribution in [0.15, 0.2) is 21.3 Å². The molecule has 1 aliphatic heterocycles. The molecule has 20 heavy (non-hydrogen) atoms. The number of ether oxygens (including phenoxy) is 1. The van der Waals surface area contributed by atoms with Crippen molar-refractivity contribution in [2.75, 3.05) is 20.6 Å². The molecule has 0 saturated heterocycles. The van der Waals surface area contributed by atoms with Gasteiger partial charge in [0.15, 0.2) is 0 Å². The lowest BCUT2D eigenvalue weighted by Crippen LogP contribution is -2.29. The van der Waals surface area contributed by atoms with Crippen molar-refractivity contribution in [2.24, 2.45) is 0 Å². The molecular formula is C16H19NO3. The first-order chi connectivity index (χ1) is 9.45. The fourth-order valence-corrected chi connectivity index (χ4v) is 2.94. The molecule has 3 rings (SSSR count). The molecule has 4 nitrogen and oxygen atoms in total. The number of nitrogens with zero attached hydrogens (tertiary/aromatic N) is 1. The second-order valence-electron chi connectivity index (χ2n) is 5.82. The highest BCUT2D eigenvalue weighted by molar-refractivity contribution is 5.86. The molecule has 2 heterocycles. The molecule has 0 bridgehead atoms. The lowest BCUT2D eigenvalue weighted by Gasteiger charge is -2.16. The average Bonchev–Trinajstić information content (AvgIpc) is 2.73. The SMILES string of the molecule is Cc1cc(=O)oc2c(C)c3c(cc12)CC(CN(C)C)O3. The molecule has 1 aromatic carbocycles. The van der Waals surface area contributed by atoms with Crippen LogP contribution in [0.2, 0.25) is 0 Å². The number of hydrogen-bond acceptors (Lipinski definition) is 4. The maximum atomic E-state index is 11.6. The summed E-state index contributed by atoms with van der Waals surface area (Å²) in [5.41, 5.74) is 3.44. The maximum Gasteiger partial charge on any atom is 0.336 e. The van der Waals surface area contributed by atoms with Crippen molar-refractivity contribution in [2.45, 2.75) is 26.4 Å². The minimum Gasteiger partial charge on any atom is -0.488 e. The summed E-state index contributed by atoms with van der Waals surface area (Å²) in [7, 11) is 4.08. The minimum absolute atomic E-state index is 0.169. The van der Waals surface area contributed by atoms with E-state index in [1.165, 1.54) is 5.56 Å². The molecule has 0 N–H and O–H groups in total. The zero-order chi connectivity index (χ0) is 14.4. The molecule has 2 aromatic rings. The van der Waals surface area contributed by atoms with Crippen molar-refractivity contribution in [3.05, 3.63) is 39.2 Å². The van der Waals surface area contributed by atoms with Crippen molar-refractivity contribution in [3.8, 4) is 5.75 Å². The number of rotatable bonds is 2. The van der Waals surface area contributed by atoms with E-state index in [-0.39, 0.29) is 11.7 Å². The predicted octanol–water partition coefficient (Wildman–Crippen LogP) is 2.27. The van der Waals surface area contributed by atoms with E-state index >= 15 is 0 Å². The Bertz CT molecular complexity index is 731. The predicted molar refractivity (Wildman–Crippen MR) is 78.6 cm³/mol. The smallest absolute Gasteiger partial charge is 0.336 e. The van der Waals surface area contributed by atoms with Gasteiger partial charge in [-0.3, -0.25) is 0 Å². The number of hydrogen-bond donors (Lipinski definition) is 0. The van der Waals surface area contributed by atoms with Crippen molar-refractivity contribution >= 4 is 11.0 Å². The summed E-state index contributed by atoms with van der Waals surface area (Å²) in [4.78, 5) is 13.7. The van der Waals surface area contributed by atoms with Crippen molar-refractivity contribution in [1.82, 2.24) is 4.90 Å². The van der Waals surface area contributed by atoms with Crippen LogP contribution in [-0.2, 0) is 6.42 Å². The highest BCUT2D eigenvalue weighted by atomic mass is 16.5. The van der Waals surface area contributed by atoms with Crippen LogP contribution in [0, 0.1) is 13.8 Å². The lowest BCUT2D eigenvalue weighted by molar-refractivity contribution is 0.183. The van der Waals surface area contributed by atoms with Crippen LogP contribution >= 0.6 is 0 Å². The van der Waals surface area contributed by atoms with Gasteiger partial charge in [-0.05, 0) is 45.1 Å². The summed E-state index contributed by atoms with van der Waals surface area (Å²) in [6.45, 7) is 4.78. The Hall–Kier alpha value is -1.81. The van der Waals surface area contributed by atoms with Crippen LogP contribution in [0.5, 0.6) is 5.75 Å². The number of likely N-dealkylation sites (N-methyl/N-ethyl adjacent to an activating group) is 1. The van der Waals surface area contributed by atoms with Gasteiger partial charge in [0.25, 0.3) is 0 Å². The maximum absolute atomic E-state index is 11.6. The molecule has 1 atom stereocenters. The van der Waals surface area contributed by atoms with Crippen LogP contribution in [0.25, 0.3) is 11.0 Å². The summed E-state index contributed by atoms with van der Waals surface area (Å²) < 4.78 is 11.4. The molecule has 4 heteroatoms. The van der Waals surface area contributed by atoms with Crippen molar-refractivity contribution in [1.29, 1.82) is 0 Å². The molecule has 0 spiro atoms. The van der Waals surface area contributed by atoms with Crippen LogP contribution in [-0.4, -0.2) is 31.6 Å². The molecule has 0 saturated carbocycles. The van der Waals surface area contributed by atoms with Gasteiger partial charge in [-0.25, -0.2) is 4.79 Å². The quantitative estimate of drug-likeness (QED) is 0.787. The molecule has 0 amide bonds. The van der Waals surface area contributed by atoms with E-state index in [2.05, 4.69) is 11.0 Å². The first-order valence-electron chi connectivity index (χ1n) is 6.84. The molecule has 106 valence electrons. The van der Waals surface area contributed by atoms with Gasteiger partial charge < -0.3 is 14.1 Å². The Morgan fingerprint density at radius 2 is 2.05 bits per heavy atom. The van der Waals surface area contributed by atoms with E-state index < -0.39 is 0 Å². The third kappa shape index (κ3) is 2.10. The van der Waals surface area contributed by atoms with E-state index in [1.807, 2.05) is 27.9 Å². The Morgan fingerprint density at radius 1 is 1.30 bits per heavy atom. The molecule has 0 radical (unpaired) electrons. The van der Waals surface area contributed by atoms with E-state index in [0.717, 1.165) is 35.2 Å². The Balaban J connectivity index is 2.13. The molecule has 1 unspecified atom stereocenters. The van der Waals surface area contributed by atoms with Crippen LogP contribution < -0.4 is 10.4 Å². The second kappa shape index (κ2) is 4.63. The Kier molecular flexibility index (Phi) is 3.05. The van der Waals surface area contributed by atoms with E-state index in [9.17, 15) is 4.79 Å². The number of fused-ring (bicyclic) bond motifs is 2. The van der Waals surface area contributed by atoms with E-state index in [0.29, 0.717) is 5.58 Å². The van der Waals surface area contributed by atoms with Crippen molar-refractivity contribution in [3.63, 3.8) is 0 Å². The van der Waals surface area contributed by atoms with Gasteiger partial charge >= 0.3 is 5.63 Å². The molecule has 1 aromatic heterocycles. The van der Waals surface area contributed by atoms with Gasteiger partial charge in [0, 0.05) is 30.0 Å². The highest BCUT2D eigenvalue weighted by Crippen LogP contribution is 2.37. The van der Waals surface area contributed by atoms with Gasteiger partial charge in [0.1, 0.15) is 17.4 Å². The molecule has 0 aliphatic carbocycles. The third-order valence-electron chi connectivity index (χ3n) is 3.80. The van der Waals surface area contributed by atoms with Gasteiger partial charge in [0.2, 0.25) is 0 Å². The first kappa shape index (κ1) is 13.2. The van der Waals surface area contributed by atoms with Gasteiger partial charge in [-0.15, -0.1) is 0 Å². The summed E-state index contributed by atoms with van der Waals surface area (Å²) in [5.74, 6) is 0.887. The van der Waals surface area contributed by atoms with Gasteiger partial charge in [-0.2, -0.15) is 0 Å². The van der Waals surface area contributed by atoms with Crippen LogP contribution in [0.1, 0.15) is 16.7 Å². The first-order valence-corrected chi connectivity index (χ1v) is 6.84. The monoisotopic (exact) mass is 273 g/mol. The van der Waals surface area contributed by atoms with E-state index in [1.54, 1.807) is 6.07 Å². The topological polar surface area (TPSA) is 42.7 Å². The summed E-state index contributed by atoms with van der Waals surface area (Å²) in [5, 5.41) is 1.01. The second-order valence-corrected chi connectivity index (χ2v) is 5.82. The Labute approximate surface area is 118 Å². The largest absolute Gasteiger partial charge is 0.488 e. The van der Waals surface area contributed by atoms with E-state index in [4.69, 9.17) is 9.15 Å². The molecule has 1 aliphatic rings. The van der Waals surface area contributed by atoms with Crippen LogP contribution in [0.4, 0.5) is 0 Å². The zero-order valence-corrected chi connectivity index (χ0v) is 12.3. The fraction of sp³-hybridized carbons (Fsp3) is 0.438. The van der Waals surface area contributed by atoms with Crippen molar-refractivity contribution < 1.29 is 9.15 Å². The summed E-state index contributed by atoms with van der Waals surface area (Å²) in [6, 6.07) is 3.65. The summed E-state index contributed by atoms with van der Waals surface area (Å²) in [6.07, 6.45) is 1.07. The number of aryl methyl sites for hydroxylation is 2. The summed E-state index contributed by atoms with van der Waals surface area (Å²) >= 11 is 0. The van der Waals surface area contributed by atoms with Gasteiger partial charge in [0.05, 0.1) is 0 Å². The standard InChI is InChI=1S/C16H19NO3/c1-9-5-14(18)20-16-10(2)15-11(7-13(9)16)6-12(19-15)8-17(3)4/h5,7,12H,6,8H2,1-4H3. The van der Waals surface area contributed by atoms with Crippen LogP contribution in [0.3, 0.4) is 0 Å². The Morgan fingerprint density at radius 3 is 2.75 bits per heavy atom. The number of benzene rings is 1. The molecule has 0 fully saturated rings. The third-order valence-corrected chi connectivity index (χ3v) is 3.80. The molecular weight excluding hydrogens is 254 g/mol. The zero-order valence-electron chi connectivity index (χ0n) is 12.3. The highest BCUT2D eigenvalue weighted by Gasteiger charge is 2.27. The fourth-order valence-electron chi connectivity index (χ4n) is 2.94. The lowest BCUT2D eigenvalue weighted by atomic mass is 10.0. The normalized spacial score (nSPS) is 17.6. The van der Waals surface area contributed by atoms with Gasteiger partial charge in [-0.1, -0.05) is 0 Å². The minimum atomic E-state index is -0.305. The average molecular weight is 273 g/mol.